The van der Waals surface area contributed by atoms with Crippen molar-refractivity contribution < 1.29 is 14.3 Å². The fourth-order valence-corrected chi connectivity index (χ4v) is 2.49. The van der Waals surface area contributed by atoms with E-state index in [-0.39, 0.29) is 23.8 Å². The number of nitrogens with zero attached hydrogens (tertiary/aromatic N) is 1. The van der Waals surface area contributed by atoms with E-state index in [1.165, 1.54) is 7.11 Å². The fourth-order valence-electron chi connectivity index (χ4n) is 2.49. The Morgan fingerprint density at radius 1 is 1.29 bits per heavy atom. The van der Waals surface area contributed by atoms with Gasteiger partial charge in [0.2, 0.25) is 5.91 Å². The van der Waals surface area contributed by atoms with Crippen LogP contribution in [-0.4, -0.2) is 37.0 Å². The van der Waals surface area contributed by atoms with E-state index in [4.69, 9.17) is 0 Å². The summed E-state index contributed by atoms with van der Waals surface area (Å²) in [7, 11) is 1.36. The van der Waals surface area contributed by atoms with Gasteiger partial charge in [-0.05, 0) is 19.3 Å². The molecular formula is C13H23NO3. The Hall–Kier alpha value is -1.06. The molecule has 0 aromatic carbocycles. The van der Waals surface area contributed by atoms with Crippen molar-refractivity contribution in [3.8, 4) is 0 Å². The zero-order chi connectivity index (χ0) is 12.9. The summed E-state index contributed by atoms with van der Waals surface area (Å²) in [5, 5.41) is 0. The monoisotopic (exact) mass is 241 g/mol. The largest absolute Gasteiger partial charge is 0.468 e. The van der Waals surface area contributed by atoms with Gasteiger partial charge in [-0.3, -0.25) is 9.59 Å². The van der Waals surface area contributed by atoms with Gasteiger partial charge in [-0.1, -0.05) is 26.7 Å². The van der Waals surface area contributed by atoms with E-state index in [9.17, 15) is 9.59 Å². The molecule has 0 aliphatic heterocycles. The highest BCUT2D eigenvalue weighted by molar-refractivity contribution is 5.86. The lowest BCUT2D eigenvalue weighted by atomic mass is 9.87. The van der Waals surface area contributed by atoms with Gasteiger partial charge in [0.25, 0.3) is 0 Å². The summed E-state index contributed by atoms with van der Waals surface area (Å²) in [6.45, 7) is 4.74. The molecule has 1 aliphatic rings. The van der Waals surface area contributed by atoms with Gasteiger partial charge < -0.3 is 9.64 Å². The lowest BCUT2D eigenvalue weighted by molar-refractivity contribution is -0.151. The van der Waals surface area contributed by atoms with Crippen LogP contribution in [0, 0.1) is 5.41 Å². The van der Waals surface area contributed by atoms with Crippen LogP contribution in [0.15, 0.2) is 0 Å². The zero-order valence-electron chi connectivity index (χ0n) is 11.1. The fraction of sp³-hybridized carbons (Fsp3) is 0.846. The van der Waals surface area contributed by atoms with Crippen LogP contribution in [0.1, 0.15) is 46.0 Å². The van der Waals surface area contributed by atoms with Crippen molar-refractivity contribution in [3.63, 3.8) is 0 Å². The molecule has 0 heterocycles. The van der Waals surface area contributed by atoms with E-state index in [0.717, 1.165) is 32.1 Å². The Balaban J connectivity index is 2.68. The maximum atomic E-state index is 12.4. The third kappa shape index (κ3) is 3.45. The molecule has 0 unspecified atom stereocenters. The van der Waals surface area contributed by atoms with Crippen LogP contribution in [0.2, 0.25) is 0 Å². The van der Waals surface area contributed by atoms with Crippen LogP contribution in [0.4, 0.5) is 0 Å². The molecule has 1 fully saturated rings. The standard InChI is InChI=1S/C13H23NO3/c1-4-9-14(10-11(15)17-3)12(16)13(2)7-5-6-8-13/h4-10H2,1-3H3. The van der Waals surface area contributed by atoms with E-state index in [1.54, 1.807) is 4.90 Å². The minimum absolute atomic E-state index is 0.0821. The second kappa shape index (κ2) is 6.03. The molecule has 0 N–H and O–H groups in total. The van der Waals surface area contributed by atoms with Crippen LogP contribution < -0.4 is 0 Å². The number of hydrogen-bond acceptors (Lipinski definition) is 3. The molecule has 0 spiro atoms. The molecule has 1 saturated carbocycles. The lowest BCUT2D eigenvalue weighted by Gasteiger charge is -2.30. The van der Waals surface area contributed by atoms with Crippen LogP contribution in [0.25, 0.3) is 0 Å². The van der Waals surface area contributed by atoms with Crippen molar-refractivity contribution in [2.24, 2.45) is 5.41 Å². The predicted octanol–water partition coefficient (Wildman–Crippen LogP) is 1.98. The highest BCUT2D eigenvalue weighted by atomic mass is 16.5. The van der Waals surface area contributed by atoms with Crippen molar-refractivity contribution in [3.05, 3.63) is 0 Å². The summed E-state index contributed by atoms with van der Waals surface area (Å²) < 4.78 is 4.64. The molecule has 0 radical (unpaired) electrons. The Bertz CT molecular complexity index is 282. The maximum absolute atomic E-state index is 12.4. The summed E-state index contributed by atoms with van der Waals surface area (Å²) in [6.07, 6.45) is 4.96. The maximum Gasteiger partial charge on any atom is 0.325 e. The van der Waals surface area contributed by atoms with Gasteiger partial charge in [-0.15, -0.1) is 0 Å². The molecule has 1 amide bonds. The van der Waals surface area contributed by atoms with E-state index in [2.05, 4.69) is 4.74 Å². The van der Waals surface area contributed by atoms with E-state index in [1.807, 2.05) is 13.8 Å². The van der Waals surface area contributed by atoms with E-state index >= 15 is 0 Å². The molecule has 4 heteroatoms. The third-order valence-electron chi connectivity index (χ3n) is 3.55. The molecule has 1 rings (SSSR count). The third-order valence-corrected chi connectivity index (χ3v) is 3.55. The summed E-state index contributed by atoms with van der Waals surface area (Å²) in [6, 6.07) is 0. The molecule has 17 heavy (non-hydrogen) atoms. The topological polar surface area (TPSA) is 46.6 Å². The Morgan fingerprint density at radius 2 is 1.88 bits per heavy atom. The first kappa shape index (κ1) is 14.0. The average molecular weight is 241 g/mol. The summed E-state index contributed by atoms with van der Waals surface area (Å²) in [5.41, 5.74) is -0.261. The van der Waals surface area contributed by atoms with Crippen molar-refractivity contribution in [1.29, 1.82) is 0 Å². The van der Waals surface area contributed by atoms with Gasteiger partial charge in [-0.25, -0.2) is 0 Å². The molecule has 4 nitrogen and oxygen atoms in total. The van der Waals surface area contributed by atoms with Crippen molar-refractivity contribution in [2.45, 2.75) is 46.0 Å². The highest BCUT2D eigenvalue weighted by Gasteiger charge is 2.39. The summed E-state index contributed by atoms with van der Waals surface area (Å²) in [5.74, 6) is -0.226. The molecule has 98 valence electrons. The van der Waals surface area contributed by atoms with Gasteiger partial charge in [0.15, 0.2) is 0 Å². The quantitative estimate of drug-likeness (QED) is 0.691. The highest BCUT2D eigenvalue weighted by Crippen LogP contribution is 2.39. The Kier molecular flexibility index (Phi) is 4.97. The van der Waals surface area contributed by atoms with Crippen molar-refractivity contribution >= 4 is 11.9 Å². The summed E-state index contributed by atoms with van der Waals surface area (Å²) in [4.78, 5) is 25.4. The van der Waals surface area contributed by atoms with E-state index in [0.29, 0.717) is 6.54 Å². The molecule has 0 bridgehead atoms. The minimum Gasteiger partial charge on any atom is -0.468 e. The van der Waals surface area contributed by atoms with Gasteiger partial charge in [0.05, 0.1) is 7.11 Å². The first-order valence-electron chi connectivity index (χ1n) is 6.39. The number of esters is 1. The number of rotatable bonds is 5. The number of methoxy groups -OCH3 is 1. The number of hydrogen-bond donors (Lipinski definition) is 0. The number of amides is 1. The minimum atomic E-state index is -0.339. The molecular weight excluding hydrogens is 218 g/mol. The van der Waals surface area contributed by atoms with Gasteiger partial charge in [-0.2, -0.15) is 0 Å². The van der Waals surface area contributed by atoms with Crippen molar-refractivity contribution in [1.82, 2.24) is 4.90 Å². The molecule has 1 aliphatic carbocycles. The van der Waals surface area contributed by atoms with Gasteiger partial charge >= 0.3 is 5.97 Å². The van der Waals surface area contributed by atoms with Crippen LogP contribution in [0.3, 0.4) is 0 Å². The Labute approximate surface area is 103 Å². The van der Waals surface area contributed by atoms with Crippen molar-refractivity contribution in [2.75, 3.05) is 20.2 Å². The average Bonchev–Trinajstić information content (AvgIpc) is 2.75. The second-order valence-electron chi connectivity index (χ2n) is 5.07. The van der Waals surface area contributed by atoms with Crippen LogP contribution in [0.5, 0.6) is 0 Å². The van der Waals surface area contributed by atoms with Gasteiger partial charge in [0.1, 0.15) is 6.54 Å². The Morgan fingerprint density at radius 3 is 2.35 bits per heavy atom. The first-order chi connectivity index (χ1) is 8.03. The SMILES string of the molecule is CCCN(CC(=O)OC)C(=O)C1(C)CCCC1. The van der Waals surface area contributed by atoms with Crippen LogP contribution >= 0.6 is 0 Å². The molecule has 0 saturated heterocycles. The zero-order valence-corrected chi connectivity index (χ0v) is 11.1. The second-order valence-corrected chi connectivity index (χ2v) is 5.07. The lowest BCUT2D eigenvalue weighted by Crippen LogP contribution is -2.44. The predicted molar refractivity (Wildman–Crippen MR) is 65.5 cm³/mol. The molecule has 0 aromatic heterocycles. The molecule has 0 aromatic rings. The summed E-state index contributed by atoms with van der Waals surface area (Å²) >= 11 is 0. The smallest absolute Gasteiger partial charge is 0.325 e. The molecule has 0 atom stereocenters. The normalized spacial score (nSPS) is 17.8. The van der Waals surface area contributed by atoms with Crippen LogP contribution in [-0.2, 0) is 14.3 Å². The number of carbonyl (C=O) groups excluding carboxylic acids is 2. The van der Waals surface area contributed by atoms with E-state index < -0.39 is 0 Å². The first-order valence-corrected chi connectivity index (χ1v) is 6.39. The number of carbonyl (C=O) groups is 2. The number of ether oxygens (including phenoxy) is 1. The van der Waals surface area contributed by atoms with Gasteiger partial charge in [0, 0.05) is 12.0 Å².